The predicted octanol–water partition coefficient (Wildman–Crippen LogP) is -1.58. The van der Waals surface area contributed by atoms with Crippen LogP contribution in [-0.4, -0.2) is 22.4 Å². The Morgan fingerprint density at radius 1 is 0.510 bits per heavy atom. The molecule has 4 aromatic rings. The van der Waals surface area contributed by atoms with Gasteiger partial charge in [-0.05, 0) is 77.2 Å². The van der Waals surface area contributed by atoms with Crippen molar-refractivity contribution >= 4 is 35.4 Å². The van der Waals surface area contributed by atoms with Crippen LogP contribution in [0.25, 0.3) is 0 Å². The summed E-state index contributed by atoms with van der Waals surface area (Å²) in [5.41, 5.74) is 10.7. The van der Waals surface area contributed by atoms with Crippen LogP contribution in [0.15, 0.2) is 73.1 Å². The minimum Gasteiger partial charge on any atom is -1.00 e. The monoisotopic (exact) mass is 1100 g/mol. The van der Waals surface area contributed by atoms with Crippen LogP contribution in [0, 0.1) is 0 Å². The standard InChI is InChI=1S/C39H50N4.4BrH.2Pd/c1-11-42(36-17-13-15-19-40-36)38-32(26(3)4)22-30(23-33(38)27(5)6)21-31-24-34(28(7)8)39(35(25-31)29(9)10)43(12-2)37-18-14-16-20-41-37;;;;;;/h11-20,22-29H,21H2,1-10H3;4*1H;;/q+2;;;;;;/p-4. The van der Waals surface area contributed by atoms with Crippen molar-refractivity contribution in [3.8, 4) is 0 Å². The second-order valence-corrected chi connectivity index (χ2v) is 12.7. The molecule has 0 aliphatic heterocycles. The molecule has 0 N–H and O–H groups in total. The van der Waals surface area contributed by atoms with Gasteiger partial charge in [0.1, 0.15) is 23.8 Å². The molecule has 2 heterocycles. The van der Waals surface area contributed by atoms with Crippen molar-refractivity contribution < 1.29 is 109 Å². The van der Waals surface area contributed by atoms with E-state index in [-0.39, 0.29) is 109 Å². The Bertz CT molecular complexity index is 1450. The van der Waals surface area contributed by atoms with Crippen LogP contribution in [0.2, 0.25) is 0 Å². The Hall–Kier alpha value is -0.675. The molecular weight excluding hydrogens is 1060 g/mol. The van der Waals surface area contributed by atoms with Crippen LogP contribution in [-0.2, 0) is 47.3 Å². The molecule has 0 amide bonds. The molecule has 0 atom stereocenters. The summed E-state index contributed by atoms with van der Waals surface area (Å²) in [5, 5.41) is 0. The quantitative estimate of drug-likeness (QED) is 0.109. The summed E-state index contributed by atoms with van der Waals surface area (Å²) in [6, 6.07) is 22.0. The van der Waals surface area contributed by atoms with Gasteiger partial charge in [-0.1, -0.05) is 91.8 Å². The van der Waals surface area contributed by atoms with Crippen LogP contribution in [0.4, 0.5) is 23.0 Å². The summed E-state index contributed by atoms with van der Waals surface area (Å²) in [6.45, 7) is 22.6. The molecule has 0 spiro atoms. The number of halogens is 4. The second kappa shape index (κ2) is 24.5. The van der Waals surface area contributed by atoms with Gasteiger partial charge in [-0.3, -0.25) is 0 Å². The van der Waals surface area contributed by atoms with Gasteiger partial charge in [-0.15, -0.1) is 0 Å². The Morgan fingerprint density at radius 2 is 0.796 bits per heavy atom. The first-order valence-corrected chi connectivity index (χ1v) is 15.9. The molecule has 0 saturated carbocycles. The van der Waals surface area contributed by atoms with Gasteiger partial charge in [-0.2, -0.15) is 0 Å². The van der Waals surface area contributed by atoms with E-state index in [1.54, 1.807) is 0 Å². The van der Waals surface area contributed by atoms with Crippen molar-refractivity contribution in [1.29, 1.82) is 0 Å². The van der Waals surface area contributed by atoms with E-state index in [2.05, 4.69) is 139 Å². The molecule has 0 bridgehead atoms. The maximum atomic E-state index is 4.70. The molecule has 4 rings (SSSR count). The van der Waals surface area contributed by atoms with Crippen molar-refractivity contribution in [3.63, 3.8) is 0 Å². The smallest absolute Gasteiger partial charge is 0.327 e. The molecule has 0 radical (unpaired) electrons. The number of pyridine rings is 2. The molecule has 0 unspecified atom stereocenters. The Balaban J connectivity index is -0.00000353. The van der Waals surface area contributed by atoms with E-state index >= 15 is 0 Å². The first kappa shape index (κ1) is 52.7. The van der Waals surface area contributed by atoms with E-state index in [1.807, 2.05) is 24.5 Å². The summed E-state index contributed by atoms with van der Waals surface area (Å²) in [6.07, 6.45) is 8.93. The van der Waals surface area contributed by atoms with Gasteiger partial charge in [0.05, 0.1) is 12.4 Å². The van der Waals surface area contributed by atoms with Crippen LogP contribution in [0.3, 0.4) is 0 Å². The molecule has 0 saturated heterocycles. The Labute approximate surface area is 365 Å². The zero-order valence-electron chi connectivity index (χ0n) is 30.0. The van der Waals surface area contributed by atoms with Crippen LogP contribution < -0.4 is 77.1 Å². The fourth-order valence-corrected chi connectivity index (χ4v) is 5.99. The zero-order chi connectivity index (χ0) is 31.3. The fourth-order valence-electron chi connectivity index (χ4n) is 5.99. The van der Waals surface area contributed by atoms with Crippen LogP contribution >= 0.6 is 0 Å². The van der Waals surface area contributed by atoms with E-state index in [1.165, 1.54) is 44.8 Å². The SMILES string of the molecule is CC=[N+](c1ccccn1)c1c(C(C)C)cc(Cc2cc(C(C)C)c([N+](=CC)c3ccccn3)c(C(C)C)c2)cc1C(C)C.[Br-].[Br-].[Br-].[Br-].[Pd].[Pd]. The summed E-state index contributed by atoms with van der Waals surface area (Å²) < 4.78 is 4.54. The molecule has 0 aliphatic rings. The number of aromatic nitrogens is 2. The van der Waals surface area contributed by atoms with Crippen molar-refractivity contribution in [2.75, 3.05) is 0 Å². The van der Waals surface area contributed by atoms with Crippen LogP contribution in [0.5, 0.6) is 0 Å². The maximum absolute atomic E-state index is 4.70. The van der Waals surface area contributed by atoms with Gasteiger partial charge in [0.2, 0.25) is 0 Å². The third kappa shape index (κ3) is 12.7. The molecular formula is C39H50Br4N4Pd2-2. The second-order valence-electron chi connectivity index (χ2n) is 12.7. The number of hydrogen-bond donors (Lipinski definition) is 0. The van der Waals surface area contributed by atoms with Crippen molar-refractivity contribution in [1.82, 2.24) is 19.1 Å². The van der Waals surface area contributed by atoms with Gasteiger partial charge >= 0.3 is 11.6 Å². The van der Waals surface area contributed by atoms with Gasteiger partial charge in [0.15, 0.2) is 0 Å². The minimum atomic E-state index is 0. The summed E-state index contributed by atoms with van der Waals surface area (Å²) in [5.74, 6) is 3.36. The van der Waals surface area contributed by atoms with Crippen molar-refractivity contribution in [3.05, 3.63) is 106 Å². The normalized spacial score (nSPS) is 11.1. The molecule has 0 fully saturated rings. The zero-order valence-corrected chi connectivity index (χ0v) is 39.5. The first-order chi connectivity index (χ1) is 20.6. The molecule has 49 heavy (non-hydrogen) atoms. The average Bonchev–Trinajstić information content (AvgIpc) is 2.99. The molecule has 10 heteroatoms. The topological polar surface area (TPSA) is 31.8 Å². The number of hydrogen-bond acceptors (Lipinski definition) is 2. The third-order valence-electron chi connectivity index (χ3n) is 8.14. The molecule has 0 aliphatic carbocycles. The summed E-state index contributed by atoms with van der Waals surface area (Å²) >= 11 is 0. The van der Waals surface area contributed by atoms with Gasteiger partial charge in [0.25, 0.3) is 0 Å². The van der Waals surface area contributed by atoms with Crippen LogP contribution in [0.1, 0.15) is 126 Å². The largest absolute Gasteiger partial charge is 1.00 e. The fraction of sp³-hybridized carbons (Fsp3) is 0.385. The molecule has 2 aromatic carbocycles. The number of nitrogens with zero attached hydrogens (tertiary/aromatic N) is 4. The van der Waals surface area contributed by atoms with Gasteiger partial charge in [0, 0.05) is 75.2 Å². The average molecular weight is 1110 g/mol. The Morgan fingerprint density at radius 3 is 1.00 bits per heavy atom. The van der Waals surface area contributed by atoms with Gasteiger partial charge in [-0.25, -0.2) is 9.15 Å². The molecule has 4 nitrogen and oxygen atoms in total. The maximum Gasteiger partial charge on any atom is 0.327 e. The van der Waals surface area contributed by atoms with Gasteiger partial charge < -0.3 is 67.9 Å². The van der Waals surface area contributed by atoms with E-state index < -0.39 is 0 Å². The van der Waals surface area contributed by atoms with Crippen molar-refractivity contribution in [2.24, 2.45) is 0 Å². The van der Waals surface area contributed by atoms with Crippen molar-refractivity contribution in [2.45, 2.75) is 99.3 Å². The van der Waals surface area contributed by atoms with E-state index in [0.717, 1.165) is 18.1 Å². The summed E-state index contributed by atoms with van der Waals surface area (Å²) in [4.78, 5) is 9.41. The Kier molecular flexibility index (Phi) is 26.4. The predicted molar refractivity (Wildman–Crippen MR) is 187 cm³/mol. The molecule has 276 valence electrons. The van der Waals surface area contributed by atoms with E-state index in [0.29, 0.717) is 23.7 Å². The summed E-state index contributed by atoms with van der Waals surface area (Å²) in [7, 11) is 0. The third-order valence-corrected chi connectivity index (χ3v) is 8.14. The first-order valence-electron chi connectivity index (χ1n) is 15.9. The number of benzene rings is 2. The van der Waals surface area contributed by atoms with E-state index in [9.17, 15) is 0 Å². The number of rotatable bonds is 10. The molecule has 2 aromatic heterocycles. The van der Waals surface area contributed by atoms with E-state index in [4.69, 9.17) is 9.97 Å². The minimum absolute atomic E-state index is 0.